The van der Waals surface area contributed by atoms with Gasteiger partial charge in [0, 0.05) is 5.69 Å². The van der Waals surface area contributed by atoms with E-state index in [-0.39, 0.29) is 5.91 Å². The topological polar surface area (TPSA) is 46.4 Å². The molecule has 1 unspecified atom stereocenters. The number of thiazole rings is 1. The molecule has 0 saturated carbocycles. The molecular weight excluding hydrogens is 306 g/mol. The fraction of sp³-hybridized carbons (Fsp3) is 0.222. The van der Waals surface area contributed by atoms with Crippen molar-refractivity contribution in [2.24, 2.45) is 0 Å². The number of para-hydroxylation sites is 2. The zero-order valence-electron chi connectivity index (χ0n) is 13.3. The number of benzene rings is 2. The second-order valence-corrected chi connectivity index (χ2v) is 6.86. The Morgan fingerprint density at radius 3 is 2.70 bits per heavy atom. The Hall–Kier alpha value is -2.24. The number of carbonyl (C=O) groups is 1. The van der Waals surface area contributed by atoms with Gasteiger partial charge in [-0.1, -0.05) is 30.3 Å². The number of fused-ring (bicyclic) bond motifs is 1. The van der Waals surface area contributed by atoms with Crippen molar-refractivity contribution in [1.82, 2.24) is 4.98 Å². The van der Waals surface area contributed by atoms with Crippen LogP contribution in [-0.4, -0.2) is 24.5 Å². The first kappa shape index (κ1) is 15.6. The highest BCUT2D eigenvalue weighted by molar-refractivity contribution is 7.18. The smallest absolute Gasteiger partial charge is 0.279 e. The first-order valence-corrected chi connectivity index (χ1v) is 8.44. The van der Waals surface area contributed by atoms with Gasteiger partial charge in [-0.3, -0.25) is 4.79 Å². The van der Waals surface area contributed by atoms with Crippen LogP contribution in [0, 0.1) is 6.92 Å². The van der Waals surface area contributed by atoms with E-state index in [2.05, 4.69) is 16.4 Å². The molecule has 1 atom stereocenters. The molecule has 0 aliphatic carbocycles. The van der Waals surface area contributed by atoms with Crippen LogP contribution in [0.15, 0.2) is 48.5 Å². The highest BCUT2D eigenvalue weighted by atomic mass is 32.1. The van der Waals surface area contributed by atoms with Crippen LogP contribution in [-0.2, 0) is 11.3 Å². The lowest BCUT2D eigenvalue weighted by Crippen LogP contribution is -3.08. The Bertz CT molecular complexity index is 795. The van der Waals surface area contributed by atoms with Gasteiger partial charge < -0.3 is 10.2 Å². The summed E-state index contributed by atoms with van der Waals surface area (Å²) in [6.45, 7) is 3.16. The summed E-state index contributed by atoms with van der Waals surface area (Å²) in [4.78, 5) is 17.9. The van der Waals surface area contributed by atoms with Crippen molar-refractivity contribution < 1.29 is 9.69 Å². The third-order valence-corrected chi connectivity index (χ3v) is 4.71. The molecule has 2 aromatic carbocycles. The summed E-state index contributed by atoms with van der Waals surface area (Å²) < 4.78 is 1.19. The van der Waals surface area contributed by atoms with Gasteiger partial charge in [0.15, 0.2) is 6.54 Å². The molecule has 0 aliphatic heterocycles. The van der Waals surface area contributed by atoms with E-state index < -0.39 is 0 Å². The number of hydrogen-bond donors (Lipinski definition) is 2. The first-order valence-electron chi connectivity index (χ1n) is 7.63. The maximum absolute atomic E-state index is 12.2. The molecule has 0 aliphatic rings. The summed E-state index contributed by atoms with van der Waals surface area (Å²) in [5, 5.41) is 4.04. The summed E-state index contributed by atoms with van der Waals surface area (Å²) in [5.74, 6) is 0.0258. The van der Waals surface area contributed by atoms with E-state index in [9.17, 15) is 4.79 Å². The van der Waals surface area contributed by atoms with Gasteiger partial charge in [-0.2, -0.15) is 0 Å². The van der Waals surface area contributed by atoms with E-state index in [1.54, 1.807) is 11.3 Å². The molecule has 0 spiro atoms. The van der Waals surface area contributed by atoms with Crippen molar-refractivity contribution >= 4 is 33.1 Å². The lowest BCUT2D eigenvalue weighted by Gasteiger charge is -2.13. The average molecular weight is 326 g/mol. The predicted molar refractivity (Wildman–Crippen MR) is 94.9 cm³/mol. The number of carbonyl (C=O) groups excluding carboxylic acids is 1. The summed E-state index contributed by atoms with van der Waals surface area (Å²) in [6.07, 6.45) is 0. The number of nitrogens with zero attached hydrogens (tertiary/aromatic N) is 1. The molecule has 3 rings (SSSR count). The van der Waals surface area contributed by atoms with Gasteiger partial charge in [0.25, 0.3) is 5.91 Å². The predicted octanol–water partition coefficient (Wildman–Crippen LogP) is 2.26. The minimum absolute atomic E-state index is 0.0258. The van der Waals surface area contributed by atoms with Crippen LogP contribution in [0.1, 0.15) is 10.6 Å². The van der Waals surface area contributed by atoms with Gasteiger partial charge in [0.2, 0.25) is 0 Å². The molecule has 1 amide bonds. The number of aromatic nitrogens is 1. The van der Waals surface area contributed by atoms with Gasteiger partial charge in [0.1, 0.15) is 11.6 Å². The zero-order chi connectivity index (χ0) is 16.2. The third-order valence-electron chi connectivity index (χ3n) is 3.67. The first-order chi connectivity index (χ1) is 11.1. The lowest BCUT2D eigenvalue weighted by atomic mass is 10.2. The van der Waals surface area contributed by atoms with Crippen LogP contribution in [0.3, 0.4) is 0 Å². The molecule has 3 aromatic rings. The fourth-order valence-corrected chi connectivity index (χ4v) is 3.58. The molecule has 2 N–H and O–H groups in total. The van der Waals surface area contributed by atoms with E-state index in [0.29, 0.717) is 6.54 Å². The number of hydrogen-bond acceptors (Lipinski definition) is 3. The standard InChI is InChI=1S/C18H19N3OS/c1-13-7-3-4-8-14(13)19-17(22)11-21(2)12-18-20-15-9-5-6-10-16(15)23-18/h3-10H,11-12H2,1-2H3,(H,19,22)/p+1. The van der Waals surface area contributed by atoms with Crippen molar-refractivity contribution in [3.8, 4) is 0 Å². The molecule has 118 valence electrons. The largest absolute Gasteiger partial charge is 0.324 e. The number of nitrogens with one attached hydrogen (secondary N) is 2. The minimum atomic E-state index is 0.0258. The molecule has 5 heteroatoms. The molecule has 23 heavy (non-hydrogen) atoms. The molecule has 0 radical (unpaired) electrons. The molecule has 0 saturated heterocycles. The number of likely N-dealkylation sites (N-methyl/N-ethyl adjacent to an activating group) is 1. The second-order valence-electron chi connectivity index (χ2n) is 5.75. The Balaban J connectivity index is 1.59. The van der Waals surface area contributed by atoms with Gasteiger partial charge in [0.05, 0.1) is 17.3 Å². The molecular formula is C18H20N3OS+. The Labute approximate surface area is 139 Å². The van der Waals surface area contributed by atoms with Crippen molar-refractivity contribution in [3.63, 3.8) is 0 Å². The monoisotopic (exact) mass is 326 g/mol. The number of amides is 1. The number of rotatable bonds is 5. The number of anilines is 1. The Kier molecular flexibility index (Phi) is 4.69. The summed E-state index contributed by atoms with van der Waals surface area (Å²) in [6, 6.07) is 15.9. The van der Waals surface area contributed by atoms with Gasteiger partial charge >= 0.3 is 0 Å². The highest BCUT2D eigenvalue weighted by Crippen LogP contribution is 2.20. The van der Waals surface area contributed by atoms with Crippen LogP contribution in [0.2, 0.25) is 0 Å². The lowest BCUT2D eigenvalue weighted by molar-refractivity contribution is -0.885. The van der Waals surface area contributed by atoms with Crippen LogP contribution >= 0.6 is 11.3 Å². The van der Waals surface area contributed by atoms with E-state index in [4.69, 9.17) is 0 Å². The minimum Gasteiger partial charge on any atom is -0.324 e. The van der Waals surface area contributed by atoms with E-state index in [1.807, 2.05) is 56.4 Å². The number of aryl methyl sites for hydroxylation is 1. The molecule has 4 nitrogen and oxygen atoms in total. The Morgan fingerprint density at radius 1 is 1.17 bits per heavy atom. The average Bonchev–Trinajstić information content (AvgIpc) is 2.91. The van der Waals surface area contributed by atoms with Crippen molar-refractivity contribution in [2.45, 2.75) is 13.5 Å². The summed E-state index contributed by atoms with van der Waals surface area (Å²) in [7, 11) is 2.02. The van der Waals surface area contributed by atoms with Gasteiger partial charge in [-0.25, -0.2) is 4.98 Å². The zero-order valence-corrected chi connectivity index (χ0v) is 14.1. The van der Waals surface area contributed by atoms with Crippen molar-refractivity contribution in [3.05, 3.63) is 59.1 Å². The third kappa shape index (κ3) is 3.94. The van der Waals surface area contributed by atoms with E-state index in [0.717, 1.165) is 33.2 Å². The molecule has 0 fully saturated rings. The highest BCUT2D eigenvalue weighted by Gasteiger charge is 2.14. The van der Waals surface area contributed by atoms with Crippen LogP contribution < -0.4 is 10.2 Å². The van der Waals surface area contributed by atoms with E-state index >= 15 is 0 Å². The Morgan fingerprint density at radius 2 is 1.91 bits per heavy atom. The van der Waals surface area contributed by atoms with Gasteiger partial charge in [-0.05, 0) is 30.7 Å². The van der Waals surface area contributed by atoms with Gasteiger partial charge in [-0.15, -0.1) is 11.3 Å². The second kappa shape index (κ2) is 6.89. The SMILES string of the molecule is Cc1ccccc1NC(=O)C[NH+](C)Cc1nc2ccccc2s1. The molecule has 0 bridgehead atoms. The summed E-state index contributed by atoms with van der Waals surface area (Å²) >= 11 is 1.70. The van der Waals surface area contributed by atoms with Crippen LogP contribution in [0.5, 0.6) is 0 Å². The maximum Gasteiger partial charge on any atom is 0.279 e. The van der Waals surface area contributed by atoms with Crippen LogP contribution in [0.4, 0.5) is 5.69 Å². The molecule has 1 heterocycles. The normalized spacial score (nSPS) is 12.3. The maximum atomic E-state index is 12.2. The number of quaternary nitrogens is 1. The quantitative estimate of drug-likeness (QED) is 0.755. The fourth-order valence-electron chi connectivity index (χ4n) is 2.50. The van der Waals surface area contributed by atoms with Crippen molar-refractivity contribution in [2.75, 3.05) is 18.9 Å². The van der Waals surface area contributed by atoms with Crippen molar-refractivity contribution in [1.29, 1.82) is 0 Å². The van der Waals surface area contributed by atoms with E-state index in [1.165, 1.54) is 4.70 Å². The summed E-state index contributed by atoms with van der Waals surface area (Å²) in [5.41, 5.74) is 2.99. The van der Waals surface area contributed by atoms with Crippen LogP contribution in [0.25, 0.3) is 10.2 Å². The molecule has 1 aromatic heterocycles.